The number of thioether (sulfide) groups is 1. The van der Waals surface area contributed by atoms with Gasteiger partial charge in [-0.15, -0.1) is 0 Å². The van der Waals surface area contributed by atoms with Crippen LogP contribution in [0.4, 0.5) is 5.69 Å². The first-order valence-corrected chi connectivity index (χ1v) is 6.83. The van der Waals surface area contributed by atoms with Crippen molar-refractivity contribution in [3.63, 3.8) is 0 Å². The standard InChI is InChI=1S/C12H20N2OS/c1-9(5-6-16-4)14-11-7-10(2)13-8-12(11)15-3/h7-9H,5-6H2,1-4H3,(H,13,14). The predicted molar refractivity (Wildman–Crippen MR) is 71.6 cm³/mol. The summed E-state index contributed by atoms with van der Waals surface area (Å²) in [4.78, 5) is 4.21. The number of rotatable bonds is 6. The minimum atomic E-state index is 0.447. The molecule has 1 N–H and O–H groups in total. The van der Waals surface area contributed by atoms with E-state index in [0.29, 0.717) is 6.04 Å². The Labute approximate surface area is 102 Å². The number of aryl methyl sites for hydroxylation is 1. The van der Waals surface area contributed by atoms with Gasteiger partial charge in [-0.05, 0) is 38.3 Å². The maximum Gasteiger partial charge on any atom is 0.160 e. The lowest BCUT2D eigenvalue weighted by molar-refractivity contribution is 0.414. The van der Waals surface area contributed by atoms with Crippen LogP contribution in [-0.4, -0.2) is 30.1 Å². The Bertz CT molecular complexity index is 331. The molecule has 0 bridgehead atoms. The first-order valence-electron chi connectivity index (χ1n) is 5.43. The van der Waals surface area contributed by atoms with Crippen LogP contribution in [0.3, 0.4) is 0 Å². The maximum atomic E-state index is 5.28. The Morgan fingerprint density at radius 1 is 1.56 bits per heavy atom. The first-order chi connectivity index (χ1) is 7.67. The molecule has 1 unspecified atom stereocenters. The molecule has 0 aliphatic carbocycles. The molecule has 4 heteroatoms. The van der Waals surface area contributed by atoms with Crippen molar-refractivity contribution in [1.29, 1.82) is 0 Å². The third kappa shape index (κ3) is 3.93. The molecule has 90 valence electrons. The molecule has 1 heterocycles. The molecule has 16 heavy (non-hydrogen) atoms. The Kier molecular flexibility index (Phi) is 5.46. The summed E-state index contributed by atoms with van der Waals surface area (Å²) in [6, 6.07) is 2.47. The molecule has 3 nitrogen and oxygen atoms in total. The van der Waals surface area contributed by atoms with Crippen LogP contribution in [0.15, 0.2) is 12.3 Å². The summed E-state index contributed by atoms with van der Waals surface area (Å²) in [6.07, 6.45) is 5.04. The van der Waals surface area contributed by atoms with Gasteiger partial charge in [0.15, 0.2) is 5.75 Å². The highest BCUT2D eigenvalue weighted by Crippen LogP contribution is 2.24. The number of hydrogen-bond acceptors (Lipinski definition) is 4. The van der Waals surface area contributed by atoms with Crippen molar-refractivity contribution < 1.29 is 4.74 Å². The molecule has 0 radical (unpaired) electrons. The van der Waals surface area contributed by atoms with Crippen LogP contribution in [0.1, 0.15) is 19.0 Å². The van der Waals surface area contributed by atoms with Crippen LogP contribution in [0.25, 0.3) is 0 Å². The molecule has 0 amide bonds. The van der Waals surface area contributed by atoms with Gasteiger partial charge in [0, 0.05) is 11.7 Å². The van der Waals surface area contributed by atoms with Crippen LogP contribution in [0.5, 0.6) is 5.75 Å². The van der Waals surface area contributed by atoms with Crippen molar-refractivity contribution >= 4 is 17.4 Å². The number of hydrogen-bond donors (Lipinski definition) is 1. The van der Waals surface area contributed by atoms with E-state index in [-0.39, 0.29) is 0 Å². The molecule has 1 atom stereocenters. The normalized spacial score (nSPS) is 12.2. The van der Waals surface area contributed by atoms with Gasteiger partial charge in [-0.2, -0.15) is 11.8 Å². The minimum Gasteiger partial charge on any atom is -0.493 e. The number of pyridine rings is 1. The molecule has 0 spiro atoms. The van der Waals surface area contributed by atoms with Gasteiger partial charge in [-0.3, -0.25) is 4.98 Å². The van der Waals surface area contributed by atoms with Crippen LogP contribution in [0, 0.1) is 6.92 Å². The maximum absolute atomic E-state index is 5.28. The number of anilines is 1. The zero-order valence-corrected chi connectivity index (χ0v) is 11.2. The molecule has 1 aromatic heterocycles. The number of aromatic nitrogens is 1. The third-order valence-electron chi connectivity index (χ3n) is 2.38. The molecule has 0 aliphatic heterocycles. The summed E-state index contributed by atoms with van der Waals surface area (Å²) in [7, 11) is 1.67. The second kappa shape index (κ2) is 6.63. The Morgan fingerprint density at radius 3 is 2.94 bits per heavy atom. The lowest BCUT2D eigenvalue weighted by Gasteiger charge is -2.17. The van der Waals surface area contributed by atoms with Crippen molar-refractivity contribution in [2.24, 2.45) is 0 Å². The second-order valence-corrected chi connectivity index (χ2v) is 4.84. The lowest BCUT2D eigenvalue weighted by Crippen LogP contribution is -2.16. The van der Waals surface area contributed by atoms with Crippen molar-refractivity contribution in [3.8, 4) is 5.75 Å². The van der Waals surface area contributed by atoms with Crippen LogP contribution >= 0.6 is 11.8 Å². The summed E-state index contributed by atoms with van der Waals surface area (Å²) < 4.78 is 5.28. The molecule has 1 rings (SSSR count). The summed E-state index contributed by atoms with van der Waals surface area (Å²) in [5.41, 5.74) is 2.03. The first kappa shape index (κ1) is 13.2. The van der Waals surface area contributed by atoms with Gasteiger partial charge in [0.2, 0.25) is 0 Å². The van der Waals surface area contributed by atoms with Crippen LogP contribution in [-0.2, 0) is 0 Å². The monoisotopic (exact) mass is 240 g/mol. The Hall–Kier alpha value is -0.900. The van der Waals surface area contributed by atoms with Crippen LogP contribution in [0.2, 0.25) is 0 Å². The molecule has 0 fully saturated rings. The van der Waals surface area contributed by atoms with Gasteiger partial charge in [0.1, 0.15) is 0 Å². The van der Waals surface area contributed by atoms with Gasteiger partial charge in [-0.25, -0.2) is 0 Å². The summed E-state index contributed by atoms with van der Waals surface area (Å²) >= 11 is 1.87. The fourth-order valence-electron chi connectivity index (χ4n) is 1.45. The lowest BCUT2D eigenvalue weighted by atomic mass is 10.2. The quantitative estimate of drug-likeness (QED) is 0.829. The van der Waals surface area contributed by atoms with E-state index in [2.05, 4.69) is 23.5 Å². The number of nitrogens with zero attached hydrogens (tertiary/aromatic N) is 1. The van der Waals surface area contributed by atoms with Gasteiger partial charge >= 0.3 is 0 Å². The summed E-state index contributed by atoms with van der Waals surface area (Å²) in [5.74, 6) is 1.97. The summed E-state index contributed by atoms with van der Waals surface area (Å²) in [6.45, 7) is 4.17. The number of nitrogens with one attached hydrogen (secondary N) is 1. The largest absolute Gasteiger partial charge is 0.493 e. The van der Waals surface area contributed by atoms with Crippen LogP contribution < -0.4 is 10.1 Å². The average molecular weight is 240 g/mol. The molecular formula is C12H20N2OS. The summed E-state index contributed by atoms with van der Waals surface area (Å²) in [5, 5.41) is 3.46. The molecule has 0 saturated heterocycles. The minimum absolute atomic E-state index is 0.447. The van der Waals surface area contributed by atoms with Crippen molar-refractivity contribution in [3.05, 3.63) is 18.0 Å². The zero-order chi connectivity index (χ0) is 12.0. The zero-order valence-electron chi connectivity index (χ0n) is 10.4. The number of methoxy groups -OCH3 is 1. The highest BCUT2D eigenvalue weighted by Gasteiger charge is 2.07. The van der Waals surface area contributed by atoms with Gasteiger partial charge in [-0.1, -0.05) is 0 Å². The smallest absolute Gasteiger partial charge is 0.160 e. The molecule has 0 aliphatic rings. The van der Waals surface area contributed by atoms with Gasteiger partial charge in [0.25, 0.3) is 0 Å². The van der Waals surface area contributed by atoms with E-state index in [1.54, 1.807) is 13.3 Å². The second-order valence-electron chi connectivity index (χ2n) is 3.85. The van der Waals surface area contributed by atoms with Crippen molar-refractivity contribution in [2.75, 3.05) is 24.4 Å². The Balaban J connectivity index is 2.67. The molecular weight excluding hydrogens is 220 g/mol. The predicted octanol–water partition coefficient (Wildman–Crippen LogP) is 2.95. The topological polar surface area (TPSA) is 34.1 Å². The SMILES string of the molecule is COc1cnc(C)cc1NC(C)CCSC. The molecule has 1 aromatic rings. The third-order valence-corrected chi connectivity index (χ3v) is 3.02. The molecule has 0 saturated carbocycles. The van der Waals surface area contributed by atoms with Crippen molar-refractivity contribution in [1.82, 2.24) is 4.98 Å². The fourth-order valence-corrected chi connectivity index (χ4v) is 2.04. The van der Waals surface area contributed by atoms with E-state index in [1.807, 2.05) is 24.8 Å². The molecule has 0 aromatic carbocycles. The van der Waals surface area contributed by atoms with Gasteiger partial charge < -0.3 is 10.1 Å². The highest BCUT2D eigenvalue weighted by molar-refractivity contribution is 7.98. The van der Waals surface area contributed by atoms with E-state index in [1.165, 1.54) is 5.75 Å². The van der Waals surface area contributed by atoms with Crippen molar-refractivity contribution in [2.45, 2.75) is 26.3 Å². The fraction of sp³-hybridized carbons (Fsp3) is 0.583. The average Bonchev–Trinajstić information content (AvgIpc) is 2.27. The highest BCUT2D eigenvalue weighted by atomic mass is 32.2. The van der Waals surface area contributed by atoms with E-state index in [9.17, 15) is 0 Å². The number of ether oxygens (including phenoxy) is 1. The van der Waals surface area contributed by atoms with E-state index in [4.69, 9.17) is 4.74 Å². The van der Waals surface area contributed by atoms with Gasteiger partial charge in [0.05, 0.1) is 19.0 Å². The Morgan fingerprint density at radius 2 is 2.31 bits per heavy atom. The van der Waals surface area contributed by atoms with E-state index < -0.39 is 0 Å². The van der Waals surface area contributed by atoms with E-state index >= 15 is 0 Å². The van der Waals surface area contributed by atoms with E-state index in [0.717, 1.165) is 23.6 Å².